The molecule has 0 aromatic heterocycles. The molecule has 33 heavy (non-hydrogen) atoms. The predicted octanol–water partition coefficient (Wildman–Crippen LogP) is 5.43. The van der Waals surface area contributed by atoms with Gasteiger partial charge < -0.3 is 15.8 Å². The summed E-state index contributed by atoms with van der Waals surface area (Å²) in [5.74, 6) is 0.368. The highest BCUT2D eigenvalue weighted by molar-refractivity contribution is 5.76. The van der Waals surface area contributed by atoms with Gasteiger partial charge in [-0.2, -0.15) is 0 Å². The average Bonchev–Trinajstić information content (AvgIpc) is 3.35. The monoisotopic (exact) mass is 443 g/mol. The van der Waals surface area contributed by atoms with E-state index in [1.54, 1.807) is 6.07 Å². The number of carbonyl (C=O) groups excluding carboxylic acids is 1. The molecule has 0 aliphatic carbocycles. The highest BCUT2D eigenvalue weighted by Gasteiger charge is 2.12. The molecule has 0 saturated carbocycles. The maximum Gasteiger partial charge on any atom is 0.412 e. The molecule has 172 valence electrons. The van der Waals surface area contributed by atoms with Crippen LogP contribution in [0.5, 0.6) is 5.75 Å². The first-order valence-corrected chi connectivity index (χ1v) is 11.9. The molecule has 0 atom stereocenters. The smallest absolute Gasteiger partial charge is 0.408 e. The van der Waals surface area contributed by atoms with Crippen molar-refractivity contribution in [2.45, 2.75) is 39.2 Å². The number of hydrogen-bond acceptors (Lipinski definition) is 4. The van der Waals surface area contributed by atoms with Crippen LogP contribution >= 0.6 is 0 Å². The highest BCUT2D eigenvalue weighted by atomic mass is 16.6. The number of nitrogen functional groups attached to an aromatic ring is 1. The summed E-state index contributed by atoms with van der Waals surface area (Å²) in [7, 11) is 0. The third kappa shape index (κ3) is 6.36. The van der Waals surface area contributed by atoms with E-state index in [2.05, 4.69) is 65.7 Å². The SMILES string of the molecule is CCc1ccc(-c2ccc(OC(=O)NCCc3ccc(CN4CCCC4)cc3)c(N)c2)cc1. The summed E-state index contributed by atoms with van der Waals surface area (Å²) in [5.41, 5.74) is 12.5. The Morgan fingerprint density at radius 3 is 2.21 bits per heavy atom. The van der Waals surface area contributed by atoms with Gasteiger partial charge in [-0.15, -0.1) is 0 Å². The van der Waals surface area contributed by atoms with Crippen LogP contribution < -0.4 is 15.8 Å². The Morgan fingerprint density at radius 1 is 0.909 bits per heavy atom. The maximum absolute atomic E-state index is 12.2. The minimum Gasteiger partial charge on any atom is -0.408 e. The third-order valence-corrected chi connectivity index (χ3v) is 6.22. The standard InChI is InChI=1S/C28H33N3O2/c1-2-21-9-11-24(12-10-21)25-13-14-27(26(29)19-25)33-28(32)30-16-15-22-5-7-23(8-6-22)20-31-17-3-4-18-31/h5-14,19H,2-4,15-18,20,29H2,1H3,(H,30,32). The number of anilines is 1. The highest BCUT2D eigenvalue weighted by Crippen LogP contribution is 2.29. The molecular formula is C28H33N3O2. The first-order valence-electron chi connectivity index (χ1n) is 11.9. The fraction of sp³-hybridized carbons (Fsp3) is 0.321. The summed E-state index contributed by atoms with van der Waals surface area (Å²) in [6.45, 7) is 6.07. The summed E-state index contributed by atoms with van der Waals surface area (Å²) in [5, 5.41) is 2.81. The van der Waals surface area contributed by atoms with E-state index in [1.807, 2.05) is 12.1 Å². The molecule has 1 heterocycles. The van der Waals surface area contributed by atoms with Crippen LogP contribution in [-0.4, -0.2) is 30.6 Å². The van der Waals surface area contributed by atoms with Crippen molar-refractivity contribution in [3.63, 3.8) is 0 Å². The first-order chi connectivity index (χ1) is 16.1. The zero-order valence-corrected chi connectivity index (χ0v) is 19.3. The lowest BCUT2D eigenvalue weighted by molar-refractivity contribution is 0.201. The lowest BCUT2D eigenvalue weighted by Crippen LogP contribution is -2.29. The zero-order valence-electron chi connectivity index (χ0n) is 19.3. The molecule has 5 heteroatoms. The van der Waals surface area contributed by atoms with Crippen molar-refractivity contribution in [3.8, 4) is 16.9 Å². The van der Waals surface area contributed by atoms with Gasteiger partial charge in [-0.3, -0.25) is 4.90 Å². The van der Waals surface area contributed by atoms with Crippen molar-refractivity contribution in [2.75, 3.05) is 25.4 Å². The summed E-state index contributed by atoms with van der Waals surface area (Å²) < 4.78 is 5.42. The molecule has 1 amide bonds. The number of benzene rings is 3. The number of amides is 1. The molecule has 1 aliphatic heterocycles. The number of ether oxygens (including phenoxy) is 1. The molecule has 0 bridgehead atoms. The van der Waals surface area contributed by atoms with E-state index < -0.39 is 6.09 Å². The number of rotatable bonds is 8. The molecule has 1 aliphatic rings. The van der Waals surface area contributed by atoms with Crippen molar-refractivity contribution in [1.82, 2.24) is 10.2 Å². The van der Waals surface area contributed by atoms with Gasteiger partial charge in [0.1, 0.15) is 0 Å². The van der Waals surface area contributed by atoms with E-state index in [-0.39, 0.29) is 0 Å². The second kappa shape index (κ2) is 11.0. The van der Waals surface area contributed by atoms with Crippen molar-refractivity contribution in [2.24, 2.45) is 0 Å². The second-order valence-electron chi connectivity index (χ2n) is 8.67. The van der Waals surface area contributed by atoms with Gasteiger partial charge in [0.25, 0.3) is 0 Å². The first kappa shape index (κ1) is 22.9. The van der Waals surface area contributed by atoms with E-state index in [9.17, 15) is 4.79 Å². The van der Waals surface area contributed by atoms with Gasteiger partial charge in [-0.1, -0.05) is 61.5 Å². The Balaban J connectivity index is 1.24. The Labute approximate surface area is 196 Å². The van der Waals surface area contributed by atoms with Crippen molar-refractivity contribution >= 4 is 11.8 Å². The van der Waals surface area contributed by atoms with Gasteiger partial charge in [-0.05, 0) is 78.7 Å². The van der Waals surface area contributed by atoms with Gasteiger partial charge >= 0.3 is 6.09 Å². The Morgan fingerprint density at radius 2 is 1.55 bits per heavy atom. The minimum atomic E-state index is -0.493. The Hall–Kier alpha value is -3.31. The maximum atomic E-state index is 12.2. The van der Waals surface area contributed by atoms with Gasteiger partial charge in [0.15, 0.2) is 5.75 Å². The molecule has 3 N–H and O–H groups in total. The molecule has 0 radical (unpaired) electrons. The normalized spacial score (nSPS) is 13.7. The van der Waals surface area contributed by atoms with Gasteiger partial charge in [0, 0.05) is 13.1 Å². The molecule has 1 fully saturated rings. The van der Waals surface area contributed by atoms with Crippen molar-refractivity contribution < 1.29 is 9.53 Å². The minimum absolute atomic E-state index is 0.368. The van der Waals surface area contributed by atoms with E-state index in [1.165, 1.54) is 42.6 Å². The second-order valence-corrected chi connectivity index (χ2v) is 8.67. The summed E-state index contributed by atoms with van der Waals surface area (Å²) >= 11 is 0. The lowest BCUT2D eigenvalue weighted by Gasteiger charge is -2.14. The molecule has 3 aromatic carbocycles. The largest absolute Gasteiger partial charge is 0.412 e. The molecule has 1 saturated heterocycles. The van der Waals surface area contributed by atoms with Crippen LogP contribution in [-0.2, 0) is 19.4 Å². The summed E-state index contributed by atoms with van der Waals surface area (Å²) in [4.78, 5) is 14.7. The van der Waals surface area contributed by atoms with Gasteiger partial charge in [0.05, 0.1) is 5.69 Å². The topological polar surface area (TPSA) is 67.6 Å². The average molecular weight is 444 g/mol. The number of hydrogen-bond donors (Lipinski definition) is 2. The number of aryl methyl sites for hydroxylation is 1. The van der Waals surface area contributed by atoms with Gasteiger partial charge in [0.2, 0.25) is 0 Å². The summed E-state index contributed by atoms with van der Waals surface area (Å²) in [6.07, 6.45) is 3.88. The van der Waals surface area contributed by atoms with Crippen LogP contribution in [0, 0.1) is 0 Å². The van der Waals surface area contributed by atoms with E-state index in [4.69, 9.17) is 10.5 Å². The Kier molecular flexibility index (Phi) is 7.63. The molecule has 4 rings (SSSR count). The molecule has 5 nitrogen and oxygen atoms in total. The lowest BCUT2D eigenvalue weighted by atomic mass is 10.0. The van der Waals surface area contributed by atoms with E-state index in [0.717, 1.165) is 30.5 Å². The van der Waals surface area contributed by atoms with Crippen LogP contribution in [0.2, 0.25) is 0 Å². The number of nitrogens with two attached hydrogens (primary N) is 1. The molecular weight excluding hydrogens is 410 g/mol. The van der Waals surface area contributed by atoms with Crippen LogP contribution in [0.1, 0.15) is 36.5 Å². The fourth-order valence-electron chi connectivity index (χ4n) is 4.21. The van der Waals surface area contributed by atoms with E-state index in [0.29, 0.717) is 18.0 Å². The van der Waals surface area contributed by atoms with Crippen molar-refractivity contribution in [1.29, 1.82) is 0 Å². The van der Waals surface area contributed by atoms with Crippen LogP contribution in [0.25, 0.3) is 11.1 Å². The fourth-order valence-corrected chi connectivity index (χ4v) is 4.21. The molecule has 3 aromatic rings. The number of likely N-dealkylation sites (tertiary alicyclic amines) is 1. The summed E-state index contributed by atoms with van der Waals surface area (Å²) in [6, 6.07) is 22.6. The molecule has 0 spiro atoms. The molecule has 0 unspecified atom stereocenters. The number of nitrogens with one attached hydrogen (secondary N) is 1. The van der Waals surface area contributed by atoms with Crippen LogP contribution in [0.3, 0.4) is 0 Å². The number of carbonyl (C=O) groups is 1. The Bertz CT molecular complexity index is 1060. The van der Waals surface area contributed by atoms with Crippen molar-refractivity contribution in [3.05, 3.63) is 83.4 Å². The van der Waals surface area contributed by atoms with Gasteiger partial charge in [-0.25, -0.2) is 4.79 Å². The van der Waals surface area contributed by atoms with Crippen LogP contribution in [0.4, 0.5) is 10.5 Å². The predicted molar refractivity (Wildman–Crippen MR) is 134 cm³/mol. The third-order valence-electron chi connectivity index (χ3n) is 6.22. The zero-order chi connectivity index (χ0) is 23.0. The number of nitrogens with zero attached hydrogens (tertiary/aromatic N) is 1. The van der Waals surface area contributed by atoms with E-state index >= 15 is 0 Å². The quantitative estimate of drug-likeness (QED) is 0.456. The van der Waals surface area contributed by atoms with Crippen LogP contribution in [0.15, 0.2) is 66.7 Å².